The zero-order valence-corrected chi connectivity index (χ0v) is 15.0. The second kappa shape index (κ2) is 9.48. The summed E-state index contributed by atoms with van der Waals surface area (Å²) in [7, 11) is 1.36. The summed E-state index contributed by atoms with van der Waals surface area (Å²) in [5.74, 6) is 0.370. The number of carbonyl (C=O) groups excluding carboxylic acids is 1. The van der Waals surface area contributed by atoms with Gasteiger partial charge in [0.25, 0.3) is 0 Å². The standard InChI is InChI=1S/C22H24O3/c1-17(2)13-14-25-21-16-19(15-18-7-5-4-6-8-18)9-10-20(21)11-12-22(23)24-3/h4-13,16H,14-15H2,1-3H3/b12-11+. The van der Waals surface area contributed by atoms with Crippen molar-refractivity contribution in [2.75, 3.05) is 13.7 Å². The normalized spacial score (nSPS) is 10.5. The summed E-state index contributed by atoms with van der Waals surface area (Å²) < 4.78 is 10.6. The van der Waals surface area contributed by atoms with Crippen molar-refractivity contribution in [2.45, 2.75) is 20.3 Å². The van der Waals surface area contributed by atoms with E-state index in [4.69, 9.17) is 4.74 Å². The van der Waals surface area contributed by atoms with Crippen LogP contribution in [0.3, 0.4) is 0 Å². The first-order valence-electron chi connectivity index (χ1n) is 8.27. The molecule has 0 heterocycles. The molecule has 0 radical (unpaired) electrons. The maximum absolute atomic E-state index is 11.3. The molecule has 0 fully saturated rings. The number of allylic oxidation sites excluding steroid dienone is 1. The Morgan fingerprint density at radius 1 is 1.04 bits per heavy atom. The summed E-state index contributed by atoms with van der Waals surface area (Å²) in [5.41, 5.74) is 4.46. The van der Waals surface area contributed by atoms with Gasteiger partial charge in [-0.25, -0.2) is 4.79 Å². The molecule has 2 aromatic rings. The molecule has 0 amide bonds. The summed E-state index contributed by atoms with van der Waals surface area (Å²) in [4.78, 5) is 11.3. The van der Waals surface area contributed by atoms with Gasteiger partial charge < -0.3 is 9.47 Å². The van der Waals surface area contributed by atoms with Crippen molar-refractivity contribution in [1.82, 2.24) is 0 Å². The van der Waals surface area contributed by atoms with Crippen LogP contribution < -0.4 is 4.74 Å². The van der Waals surface area contributed by atoms with Gasteiger partial charge in [-0.2, -0.15) is 0 Å². The van der Waals surface area contributed by atoms with E-state index in [1.54, 1.807) is 6.08 Å². The third-order valence-corrected chi connectivity index (χ3v) is 3.66. The Kier molecular flexibility index (Phi) is 7.02. The Morgan fingerprint density at radius 3 is 2.48 bits per heavy atom. The fourth-order valence-corrected chi connectivity index (χ4v) is 2.31. The second-order valence-electron chi connectivity index (χ2n) is 5.98. The van der Waals surface area contributed by atoms with Crippen LogP contribution in [-0.2, 0) is 16.0 Å². The first-order valence-corrected chi connectivity index (χ1v) is 8.27. The zero-order chi connectivity index (χ0) is 18.1. The van der Waals surface area contributed by atoms with Gasteiger partial charge in [0.05, 0.1) is 7.11 Å². The number of rotatable bonds is 7. The van der Waals surface area contributed by atoms with E-state index < -0.39 is 0 Å². The lowest BCUT2D eigenvalue weighted by Gasteiger charge is -2.11. The smallest absolute Gasteiger partial charge is 0.330 e. The number of ether oxygens (including phenoxy) is 2. The molecule has 3 heteroatoms. The molecular formula is C22H24O3. The average molecular weight is 336 g/mol. The third kappa shape index (κ3) is 6.30. The number of benzene rings is 2. The van der Waals surface area contributed by atoms with Crippen LogP contribution in [0.2, 0.25) is 0 Å². The van der Waals surface area contributed by atoms with Gasteiger partial charge in [-0.15, -0.1) is 0 Å². The van der Waals surface area contributed by atoms with Gasteiger partial charge in [-0.1, -0.05) is 48.0 Å². The van der Waals surface area contributed by atoms with E-state index in [2.05, 4.69) is 22.9 Å². The van der Waals surface area contributed by atoms with Crippen molar-refractivity contribution < 1.29 is 14.3 Å². The van der Waals surface area contributed by atoms with Crippen LogP contribution in [0.5, 0.6) is 5.75 Å². The van der Waals surface area contributed by atoms with Crippen LogP contribution in [0, 0.1) is 0 Å². The largest absolute Gasteiger partial charge is 0.489 e. The Bertz CT molecular complexity index is 754. The minimum atomic E-state index is -0.386. The second-order valence-corrected chi connectivity index (χ2v) is 5.98. The van der Waals surface area contributed by atoms with Crippen LogP contribution in [-0.4, -0.2) is 19.7 Å². The predicted molar refractivity (Wildman–Crippen MR) is 102 cm³/mol. The van der Waals surface area contributed by atoms with Gasteiger partial charge in [0.2, 0.25) is 0 Å². The molecule has 0 aliphatic carbocycles. The summed E-state index contributed by atoms with van der Waals surface area (Å²) in [6.07, 6.45) is 5.98. The number of methoxy groups -OCH3 is 1. The quantitative estimate of drug-likeness (QED) is 0.413. The number of hydrogen-bond acceptors (Lipinski definition) is 3. The lowest BCUT2D eigenvalue weighted by molar-refractivity contribution is -0.134. The van der Waals surface area contributed by atoms with E-state index in [1.807, 2.05) is 50.3 Å². The Hall–Kier alpha value is -2.81. The SMILES string of the molecule is COC(=O)/C=C/c1ccc(Cc2ccccc2)cc1OCC=C(C)C. The summed E-state index contributed by atoms with van der Waals surface area (Å²) >= 11 is 0. The maximum Gasteiger partial charge on any atom is 0.330 e. The van der Waals surface area contributed by atoms with Crippen molar-refractivity contribution >= 4 is 12.0 Å². The molecule has 130 valence electrons. The molecule has 2 aromatic carbocycles. The summed E-state index contributed by atoms with van der Waals surface area (Å²) in [6, 6.07) is 16.3. The number of esters is 1. The van der Waals surface area contributed by atoms with Crippen LogP contribution in [0.25, 0.3) is 6.08 Å². The van der Waals surface area contributed by atoms with Crippen molar-refractivity contribution in [3.63, 3.8) is 0 Å². The lowest BCUT2D eigenvalue weighted by Crippen LogP contribution is -1.99. The van der Waals surface area contributed by atoms with Gasteiger partial charge in [0.15, 0.2) is 0 Å². The summed E-state index contributed by atoms with van der Waals surface area (Å²) in [6.45, 7) is 4.57. The molecule has 0 unspecified atom stereocenters. The first kappa shape index (κ1) is 18.5. The molecule has 2 rings (SSSR count). The van der Waals surface area contributed by atoms with E-state index in [0.29, 0.717) is 6.61 Å². The molecular weight excluding hydrogens is 312 g/mol. The van der Waals surface area contributed by atoms with E-state index in [-0.39, 0.29) is 5.97 Å². The molecule has 0 saturated heterocycles. The zero-order valence-electron chi connectivity index (χ0n) is 15.0. The Labute approximate surface area is 149 Å². The van der Waals surface area contributed by atoms with Crippen LogP contribution in [0.4, 0.5) is 0 Å². The lowest BCUT2D eigenvalue weighted by atomic mass is 10.0. The monoisotopic (exact) mass is 336 g/mol. The van der Waals surface area contributed by atoms with Crippen LogP contribution in [0.15, 0.2) is 66.3 Å². The van der Waals surface area contributed by atoms with Gasteiger partial charge in [-0.3, -0.25) is 0 Å². The molecule has 0 saturated carbocycles. The van der Waals surface area contributed by atoms with Gasteiger partial charge in [0, 0.05) is 11.6 Å². The number of carbonyl (C=O) groups is 1. The van der Waals surface area contributed by atoms with Gasteiger partial charge in [0.1, 0.15) is 12.4 Å². The van der Waals surface area contributed by atoms with Crippen LogP contribution >= 0.6 is 0 Å². The topological polar surface area (TPSA) is 35.5 Å². The highest BCUT2D eigenvalue weighted by Crippen LogP contribution is 2.24. The van der Waals surface area contributed by atoms with Crippen molar-refractivity contribution in [2.24, 2.45) is 0 Å². The molecule has 0 bridgehead atoms. The van der Waals surface area contributed by atoms with Crippen LogP contribution in [0.1, 0.15) is 30.5 Å². The number of hydrogen-bond donors (Lipinski definition) is 0. The maximum atomic E-state index is 11.3. The van der Waals surface area contributed by atoms with E-state index in [1.165, 1.54) is 24.3 Å². The van der Waals surface area contributed by atoms with Gasteiger partial charge in [-0.05, 0) is 49.6 Å². The van der Waals surface area contributed by atoms with Gasteiger partial charge >= 0.3 is 5.97 Å². The minimum absolute atomic E-state index is 0.386. The third-order valence-electron chi connectivity index (χ3n) is 3.66. The summed E-state index contributed by atoms with van der Waals surface area (Å²) in [5, 5.41) is 0. The Morgan fingerprint density at radius 2 is 1.80 bits per heavy atom. The minimum Gasteiger partial charge on any atom is -0.489 e. The molecule has 0 spiro atoms. The van der Waals surface area contributed by atoms with Crippen molar-refractivity contribution in [3.8, 4) is 5.75 Å². The molecule has 0 aromatic heterocycles. The molecule has 0 aliphatic rings. The molecule has 3 nitrogen and oxygen atoms in total. The molecule has 0 N–H and O–H groups in total. The fraction of sp³-hybridized carbons (Fsp3) is 0.227. The molecule has 0 aliphatic heterocycles. The highest BCUT2D eigenvalue weighted by atomic mass is 16.5. The fourth-order valence-electron chi connectivity index (χ4n) is 2.31. The van der Waals surface area contributed by atoms with E-state index in [0.717, 1.165) is 23.3 Å². The van der Waals surface area contributed by atoms with E-state index >= 15 is 0 Å². The Balaban J connectivity index is 2.24. The molecule has 25 heavy (non-hydrogen) atoms. The highest BCUT2D eigenvalue weighted by molar-refractivity contribution is 5.87. The van der Waals surface area contributed by atoms with Crippen molar-refractivity contribution in [3.05, 3.63) is 82.9 Å². The highest BCUT2D eigenvalue weighted by Gasteiger charge is 2.05. The predicted octanol–water partition coefficient (Wildman–Crippen LogP) is 4.81. The molecule has 0 atom stereocenters. The van der Waals surface area contributed by atoms with Crippen molar-refractivity contribution in [1.29, 1.82) is 0 Å². The van der Waals surface area contributed by atoms with E-state index in [9.17, 15) is 4.79 Å². The average Bonchev–Trinajstić information content (AvgIpc) is 2.61. The first-order chi connectivity index (χ1) is 12.1.